The minimum absolute atomic E-state index is 0.401. The summed E-state index contributed by atoms with van der Waals surface area (Å²) in [6.07, 6.45) is -3.79. The maximum atomic E-state index is 12.5. The Bertz CT molecular complexity index is 604. The molecule has 0 bridgehead atoms. The number of carbonyl (C=O) groups excluding carboxylic acids is 1. The highest BCUT2D eigenvalue weighted by Gasteiger charge is 2.34. The van der Waals surface area contributed by atoms with Crippen LogP contribution in [-0.4, -0.2) is 43.7 Å². The standard InChI is InChI=1S/C16H21F2NO5/c1-16(2,9-5-6-11(23-3)12(7-9)24-4)15(22)19-10(14(20)21)8-13(17)18/h5-7,10,13H,8H2,1-4H3,(H,19,22)(H,20,21). The lowest BCUT2D eigenvalue weighted by atomic mass is 9.83. The number of carbonyl (C=O) groups is 2. The van der Waals surface area contributed by atoms with E-state index in [0.717, 1.165) is 0 Å². The van der Waals surface area contributed by atoms with Crippen LogP contribution in [0.2, 0.25) is 0 Å². The van der Waals surface area contributed by atoms with Gasteiger partial charge in [-0.1, -0.05) is 6.07 Å². The lowest BCUT2D eigenvalue weighted by molar-refractivity contribution is -0.143. The van der Waals surface area contributed by atoms with Gasteiger partial charge in [0.05, 0.1) is 19.6 Å². The predicted octanol–water partition coefficient (Wildman–Crippen LogP) is 2.21. The highest BCUT2D eigenvalue weighted by atomic mass is 19.3. The van der Waals surface area contributed by atoms with Crippen molar-refractivity contribution in [1.82, 2.24) is 5.32 Å². The highest BCUT2D eigenvalue weighted by Crippen LogP contribution is 2.33. The number of aliphatic carboxylic acids is 1. The fourth-order valence-corrected chi connectivity index (χ4v) is 2.09. The van der Waals surface area contributed by atoms with Crippen LogP contribution in [0.15, 0.2) is 18.2 Å². The number of carboxylic acid groups (broad SMARTS) is 1. The number of amides is 1. The summed E-state index contributed by atoms with van der Waals surface area (Å²) in [4.78, 5) is 23.5. The van der Waals surface area contributed by atoms with Gasteiger partial charge in [-0.3, -0.25) is 4.79 Å². The first-order valence-corrected chi connectivity index (χ1v) is 7.17. The van der Waals surface area contributed by atoms with Crippen LogP contribution in [0.5, 0.6) is 11.5 Å². The minimum atomic E-state index is -2.84. The lowest BCUT2D eigenvalue weighted by Crippen LogP contribution is -2.49. The van der Waals surface area contributed by atoms with Crippen LogP contribution in [-0.2, 0) is 15.0 Å². The van der Waals surface area contributed by atoms with Crippen molar-refractivity contribution in [3.63, 3.8) is 0 Å². The van der Waals surface area contributed by atoms with Crippen LogP contribution in [0.25, 0.3) is 0 Å². The number of methoxy groups -OCH3 is 2. The van der Waals surface area contributed by atoms with Crippen molar-refractivity contribution >= 4 is 11.9 Å². The van der Waals surface area contributed by atoms with Gasteiger partial charge in [0.25, 0.3) is 0 Å². The first-order valence-electron chi connectivity index (χ1n) is 7.17. The number of hydrogen-bond donors (Lipinski definition) is 2. The van der Waals surface area contributed by atoms with Crippen molar-refractivity contribution in [1.29, 1.82) is 0 Å². The third-order valence-electron chi connectivity index (χ3n) is 3.69. The smallest absolute Gasteiger partial charge is 0.326 e. The van der Waals surface area contributed by atoms with E-state index in [9.17, 15) is 18.4 Å². The average molecular weight is 345 g/mol. The highest BCUT2D eigenvalue weighted by molar-refractivity contribution is 5.91. The van der Waals surface area contributed by atoms with Crippen LogP contribution >= 0.6 is 0 Å². The van der Waals surface area contributed by atoms with E-state index in [1.807, 2.05) is 0 Å². The van der Waals surface area contributed by atoms with E-state index in [2.05, 4.69) is 5.32 Å². The van der Waals surface area contributed by atoms with Gasteiger partial charge >= 0.3 is 5.97 Å². The number of hydrogen-bond acceptors (Lipinski definition) is 4. The maximum Gasteiger partial charge on any atom is 0.326 e. The van der Waals surface area contributed by atoms with Crippen LogP contribution in [0.3, 0.4) is 0 Å². The number of ether oxygens (including phenoxy) is 2. The maximum absolute atomic E-state index is 12.5. The molecule has 8 heteroatoms. The molecule has 0 heterocycles. The first kappa shape index (κ1) is 19.7. The largest absolute Gasteiger partial charge is 0.493 e. The molecule has 2 N–H and O–H groups in total. The van der Waals surface area contributed by atoms with Crippen LogP contribution in [0.4, 0.5) is 8.78 Å². The molecule has 0 aliphatic heterocycles. The molecule has 0 saturated carbocycles. The van der Waals surface area contributed by atoms with Gasteiger partial charge in [-0.2, -0.15) is 0 Å². The second-order valence-electron chi connectivity index (χ2n) is 5.69. The molecule has 0 fully saturated rings. The Morgan fingerprint density at radius 2 is 1.79 bits per heavy atom. The van der Waals surface area contributed by atoms with E-state index in [-0.39, 0.29) is 0 Å². The van der Waals surface area contributed by atoms with Gasteiger partial charge in [-0.05, 0) is 31.5 Å². The van der Waals surface area contributed by atoms with Crippen molar-refractivity contribution in [3.8, 4) is 11.5 Å². The summed E-state index contributed by atoms with van der Waals surface area (Å²) >= 11 is 0. The summed E-state index contributed by atoms with van der Waals surface area (Å²) < 4.78 is 35.2. The van der Waals surface area contributed by atoms with E-state index < -0.39 is 36.2 Å². The SMILES string of the molecule is COc1ccc(C(C)(C)C(=O)NC(CC(F)F)C(=O)O)cc1OC. The molecule has 0 spiro atoms. The zero-order valence-corrected chi connectivity index (χ0v) is 13.9. The molecule has 24 heavy (non-hydrogen) atoms. The molecular formula is C16H21F2NO5. The number of alkyl halides is 2. The summed E-state index contributed by atoms with van der Waals surface area (Å²) in [5, 5.41) is 11.1. The van der Waals surface area contributed by atoms with Crippen LogP contribution in [0.1, 0.15) is 25.8 Å². The Morgan fingerprint density at radius 1 is 1.21 bits per heavy atom. The molecule has 0 aliphatic rings. The second kappa shape index (κ2) is 7.94. The molecule has 1 rings (SSSR count). The predicted molar refractivity (Wildman–Crippen MR) is 82.8 cm³/mol. The topological polar surface area (TPSA) is 84.9 Å². The quantitative estimate of drug-likeness (QED) is 0.755. The molecule has 1 aromatic rings. The molecule has 134 valence electrons. The fraction of sp³-hybridized carbons (Fsp3) is 0.500. The summed E-state index contributed by atoms with van der Waals surface area (Å²) in [7, 11) is 2.91. The molecule has 0 aliphatic carbocycles. The molecule has 6 nitrogen and oxygen atoms in total. The number of carboxylic acids is 1. The monoisotopic (exact) mass is 345 g/mol. The molecule has 1 unspecified atom stereocenters. The molecule has 0 saturated heterocycles. The van der Waals surface area contributed by atoms with E-state index in [4.69, 9.17) is 14.6 Å². The Kier molecular flexibility index (Phi) is 6.51. The van der Waals surface area contributed by atoms with Gasteiger partial charge in [0.15, 0.2) is 11.5 Å². The van der Waals surface area contributed by atoms with Crippen molar-refractivity contribution in [2.45, 2.75) is 38.2 Å². The fourth-order valence-electron chi connectivity index (χ4n) is 2.09. The van der Waals surface area contributed by atoms with Gasteiger partial charge in [0.2, 0.25) is 12.3 Å². The Morgan fingerprint density at radius 3 is 2.25 bits per heavy atom. The molecule has 1 aromatic carbocycles. The van der Waals surface area contributed by atoms with Crippen LogP contribution < -0.4 is 14.8 Å². The van der Waals surface area contributed by atoms with Crippen molar-refractivity contribution < 1.29 is 33.0 Å². The number of nitrogens with one attached hydrogen (secondary N) is 1. The zero-order chi connectivity index (χ0) is 18.5. The lowest BCUT2D eigenvalue weighted by Gasteiger charge is -2.27. The summed E-state index contributed by atoms with van der Waals surface area (Å²) in [6.45, 7) is 3.12. The third kappa shape index (κ3) is 4.56. The van der Waals surface area contributed by atoms with Crippen molar-refractivity contribution in [3.05, 3.63) is 23.8 Å². The summed E-state index contributed by atoms with van der Waals surface area (Å²) in [6, 6.07) is 3.17. The van der Waals surface area contributed by atoms with Crippen LogP contribution in [0, 0.1) is 0 Å². The Hall–Kier alpha value is -2.38. The van der Waals surface area contributed by atoms with Gasteiger partial charge in [-0.15, -0.1) is 0 Å². The van der Waals surface area contributed by atoms with Gasteiger partial charge < -0.3 is 19.9 Å². The number of rotatable bonds is 8. The van der Waals surface area contributed by atoms with E-state index >= 15 is 0 Å². The molecule has 1 atom stereocenters. The van der Waals surface area contributed by atoms with E-state index in [1.165, 1.54) is 14.2 Å². The zero-order valence-electron chi connectivity index (χ0n) is 13.9. The Labute approximate surface area is 138 Å². The van der Waals surface area contributed by atoms with Gasteiger partial charge in [0, 0.05) is 6.42 Å². The summed E-state index contributed by atoms with van der Waals surface area (Å²) in [5.41, 5.74) is -0.631. The van der Waals surface area contributed by atoms with Gasteiger partial charge in [-0.25, -0.2) is 13.6 Å². The summed E-state index contributed by atoms with van der Waals surface area (Å²) in [5.74, 6) is -1.31. The number of benzene rings is 1. The van der Waals surface area contributed by atoms with Crippen molar-refractivity contribution in [2.75, 3.05) is 14.2 Å². The van der Waals surface area contributed by atoms with Gasteiger partial charge in [0.1, 0.15) is 6.04 Å². The first-order chi connectivity index (χ1) is 11.1. The molecular weight excluding hydrogens is 324 g/mol. The second-order valence-corrected chi connectivity index (χ2v) is 5.69. The normalized spacial score (nSPS) is 12.6. The van der Waals surface area contributed by atoms with E-state index in [0.29, 0.717) is 17.1 Å². The molecule has 0 radical (unpaired) electrons. The molecule has 0 aromatic heterocycles. The minimum Gasteiger partial charge on any atom is -0.493 e. The average Bonchev–Trinajstić information content (AvgIpc) is 2.52. The van der Waals surface area contributed by atoms with E-state index in [1.54, 1.807) is 32.0 Å². The third-order valence-corrected chi connectivity index (χ3v) is 3.69. The van der Waals surface area contributed by atoms with Crippen molar-refractivity contribution in [2.24, 2.45) is 0 Å². The number of halogens is 2. The Balaban J connectivity index is 3.05. The molecule has 1 amide bonds.